The van der Waals surface area contributed by atoms with Gasteiger partial charge in [-0.05, 0) is 5.56 Å². The smallest absolute Gasteiger partial charge is 0.261 e. The van der Waals surface area contributed by atoms with Crippen LogP contribution in [0.15, 0.2) is 30.3 Å². The summed E-state index contributed by atoms with van der Waals surface area (Å²) in [5.74, 6) is 0. The van der Waals surface area contributed by atoms with Crippen LogP contribution in [0.25, 0.3) is 0 Å². The van der Waals surface area contributed by atoms with Crippen molar-refractivity contribution in [3.8, 4) is 0 Å². The summed E-state index contributed by atoms with van der Waals surface area (Å²) in [5.41, 5.74) is 4.98. The molecule has 0 aliphatic heterocycles. The molecule has 17 heavy (non-hydrogen) atoms. The summed E-state index contributed by atoms with van der Waals surface area (Å²) in [6.45, 7) is -0.544. The average Bonchev–Trinajstić information content (AvgIpc) is 2.35. The van der Waals surface area contributed by atoms with Crippen LogP contribution < -0.4 is 5.73 Å². The second-order valence-electron chi connectivity index (χ2n) is 3.82. The molecule has 1 rings (SSSR count). The highest BCUT2D eigenvalue weighted by atomic mass is 19.3. The van der Waals surface area contributed by atoms with Gasteiger partial charge in [-0.25, -0.2) is 8.78 Å². The summed E-state index contributed by atoms with van der Waals surface area (Å²) in [6.07, 6.45) is -2.29. The van der Waals surface area contributed by atoms with Crippen molar-refractivity contribution in [3.05, 3.63) is 35.9 Å². The van der Waals surface area contributed by atoms with Gasteiger partial charge in [0, 0.05) is 19.6 Å². The zero-order chi connectivity index (χ0) is 12.7. The molecule has 96 valence electrons. The van der Waals surface area contributed by atoms with E-state index in [1.807, 2.05) is 6.07 Å². The van der Waals surface area contributed by atoms with Crippen molar-refractivity contribution in [2.45, 2.75) is 18.4 Å². The van der Waals surface area contributed by atoms with E-state index in [4.69, 9.17) is 10.5 Å². The SMILES string of the molecule is NCC(O)(CCOCC(F)F)c1ccccc1. The van der Waals surface area contributed by atoms with E-state index in [1.54, 1.807) is 24.3 Å². The Labute approximate surface area is 99.2 Å². The van der Waals surface area contributed by atoms with Gasteiger partial charge in [0.2, 0.25) is 0 Å². The van der Waals surface area contributed by atoms with Crippen LogP contribution in [0.2, 0.25) is 0 Å². The lowest BCUT2D eigenvalue weighted by Gasteiger charge is -2.27. The Morgan fingerprint density at radius 1 is 1.29 bits per heavy atom. The van der Waals surface area contributed by atoms with Gasteiger partial charge in [0.15, 0.2) is 0 Å². The molecule has 0 fully saturated rings. The first-order valence-corrected chi connectivity index (χ1v) is 5.42. The zero-order valence-corrected chi connectivity index (χ0v) is 9.48. The van der Waals surface area contributed by atoms with Crippen molar-refractivity contribution in [2.75, 3.05) is 19.8 Å². The number of hydrogen-bond donors (Lipinski definition) is 2. The molecule has 0 amide bonds. The van der Waals surface area contributed by atoms with Gasteiger partial charge < -0.3 is 15.6 Å². The summed E-state index contributed by atoms with van der Waals surface area (Å²) in [4.78, 5) is 0. The minimum absolute atomic E-state index is 0.0229. The van der Waals surface area contributed by atoms with E-state index in [2.05, 4.69) is 0 Å². The average molecular weight is 245 g/mol. The minimum atomic E-state index is -2.49. The molecule has 3 N–H and O–H groups in total. The van der Waals surface area contributed by atoms with Crippen molar-refractivity contribution < 1.29 is 18.6 Å². The Morgan fingerprint density at radius 2 is 1.94 bits per heavy atom. The van der Waals surface area contributed by atoms with Crippen molar-refractivity contribution >= 4 is 0 Å². The molecule has 0 aromatic heterocycles. The minimum Gasteiger partial charge on any atom is -0.384 e. The Hall–Kier alpha value is -1.04. The number of benzene rings is 1. The van der Waals surface area contributed by atoms with Crippen LogP contribution in [0, 0.1) is 0 Å². The van der Waals surface area contributed by atoms with Gasteiger partial charge in [-0.15, -0.1) is 0 Å². The molecular formula is C12H17F2NO2. The lowest BCUT2D eigenvalue weighted by Crippen LogP contribution is -2.36. The Balaban J connectivity index is 2.52. The van der Waals surface area contributed by atoms with Gasteiger partial charge in [0.25, 0.3) is 6.43 Å². The largest absolute Gasteiger partial charge is 0.384 e. The lowest BCUT2D eigenvalue weighted by atomic mass is 9.91. The second kappa shape index (κ2) is 6.64. The quantitative estimate of drug-likeness (QED) is 0.716. The monoisotopic (exact) mass is 245 g/mol. The van der Waals surface area contributed by atoms with Gasteiger partial charge in [-0.2, -0.15) is 0 Å². The molecule has 0 aliphatic rings. The van der Waals surface area contributed by atoms with E-state index in [-0.39, 0.29) is 19.6 Å². The first-order valence-electron chi connectivity index (χ1n) is 5.42. The summed E-state index contributed by atoms with van der Waals surface area (Å²) in [6, 6.07) is 8.90. The maximum Gasteiger partial charge on any atom is 0.261 e. The van der Waals surface area contributed by atoms with Crippen LogP contribution in [0.5, 0.6) is 0 Å². The highest BCUT2D eigenvalue weighted by Crippen LogP contribution is 2.23. The van der Waals surface area contributed by atoms with Crippen LogP contribution in [-0.4, -0.2) is 31.3 Å². The number of nitrogens with two attached hydrogens (primary N) is 1. The third-order valence-electron chi connectivity index (χ3n) is 2.55. The van der Waals surface area contributed by atoms with Crippen LogP contribution in [0.4, 0.5) is 8.78 Å². The number of halogens is 2. The molecule has 0 bridgehead atoms. The predicted molar refractivity (Wildman–Crippen MR) is 60.8 cm³/mol. The number of aliphatic hydroxyl groups is 1. The molecule has 0 saturated carbocycles. The summed E-state index contributed by atoms with van der Waals surface area (Å²) >= 11 is 0. The fourth-order valence-corrected chi connectivity index (χ4v) is 1.53. The van der Waals surface area contributed by atoms with Crippen LogP contribution >= 0.6 is 0 Å². The molecule has 1 atom stereocenters. The van der Waals surface area contributed by atoms with Crippen LogP contribution in [-0.2, 0) is 10.3 Å². The molecule has 0 radical (unpaired) electrons. The van der Waals surface area contributed by atoms with E-state index < -0.39 is 18.6 Å². The fourth-order valence-electron chi connectivity index (χ4n) is 1.53. The van der Waals surface area contributed by atoms with Crippen LogP contribution in [0.1, 0.15) is 12.0 Å². The van der Waals surface area contributed by atoms with Gasteiger partial charge in [0.05, 0.1) is 0 Å². The first kappa shape index (κ1) is 14.0. The Morgan fingerprint density at radius 3 is 2.47 bits per heavy atom. The van der Waals surface area contributed by atoms with E-state index in [1.165, 1.54) is 0 Å². The lowest BCUT2D eigenvalue weighted by molar-refractivity contribution is -0.0252. The Kier molecular flexibility index (Phi) is 5.47. The molecule has 5 heteroatoms. The van der Waals surface area contributed by atoms with Gasteiger partial charge >= 0.3 is 0 Å². The number of hydrogen-bond acceptors (Lipinski definition) is 3. The molecule has 0 aliphatic carbocycles. The normalized spacial score (nSPS) is 14.9. The van der Waals surface area contributed by atoms with Crippen molar-refractivity contribution in [2.24, 2.45) is 5.73 Å². The van der Waals surface area contributed by atoms with E-state index in [9.17, 15) is 13.9 Å². The topological polar surface area (TPSA) is 55.5 Å². The molecule has 1 aromatic carbocycles. The van der Waals surface area contributed by atoms with E-state index in [0.29, 0.717) is 5.56 Å². The van der Waals surface area contributed by atoms with Crippen molar-refractivity contribution in [3.63, 3.8) is 0 Å². The molecule has 0 heterocycles. The number of ether oxygens (including phenoxy) is 1. The zero-order valence-electron chi connectivity index (χ0n) is 9.48. The number of alkyl halides is 2. The van der Waals surface area contributed by atoms with Gasteiger partial charge in [0.1, 0.15) is 12.2 Å². The summed E-state index contributed by atoms with van der Waals surface area (Å²) in [7, 11) is 0. The number of rotatable bonds is 7. The second-order valence-corrected chi connectivity index (χ2v) is 3.82. The maximum absolute atomic E-state index is 11.8. The third kappa shape index (κ3) is 4.38. The van der Waals surface area contributed by atoms with E-state index in [0.717, 1.165) is 0 Å². The standard InChI is InChI=1S/C12H17F2NO2/c13-11(14)8-17-7-6-12(16,9-15)10-4-2-1-3-5-10/h1-5,11,16H,6-9,15H2. The van der Waals surface area contributed by atoms with Gasteiger partial charge in [-0.1, -0.05) is 30.3 Å². The fraction of sp³-hybridized carbons (Fsp3) is 0.500. The summed E-state index contributed by atoms with van der Waals surface area (Å²) < 4.78 is 28.4. The van der Waals surface area contributed by atoms with Gasteiger partial charge in [-0.3, -0.25) is 0 Å². The maximum atomic E-state index is 11.8. The van der Waals surface area contributed by atoms with Crippen LogP contribution in [0.3, 0.4) is 0 Å². The third-order valence-corrected chi connectivity index (χ3v) is 2.55. The highest BCUT2D eigenvalue weighted by Gasteiger charge is 2.27. The molecule has 0 spiro atoms. The predicted octanol–water partition coefficient (Wildman–Crippen LogP) is 1.50. The molecule has 3 nitrogen and oxygen atoms in total. The van der Waals surface area contributed by atoms with E-state index >= 15 is 0 Å². The van der Waals surface area contributed by atoms with Crippen molar-refractivity contribution in [1.29, 1.82) is 0 Å². The Bertz CT molecular complexity index is 322. The molecular weight excluding hydrogens is 228 g/mol. The molecule has 1 unspecified atom stereocenters. The molecule has 1 aromatic rings. The molecule has 0 saturated heterocycles. The summed E-state index contributed by atoms with van der Waals surface area (Å²) in [5, 5.41) is 10.3. The van der Waals surface area contributed by atoms with Crippen molar-refractivity contribution in [1.82, 2.24) is 0 Å². The first-order chi connectivity index (χ1) is 8.08. The highest BCUT2D eigenvalue weighted by molar-refractivity contribution is 5.22.